The highest BCUT2D eigenvalue weighted by molar-refractivity contribution is 7.10. The Hall–Kier alpha value is -1.12. The van der Waals surface area contributed by atoms with Crippen LogP contribution in [0.5, 0.6) is 0 Å². The van der Waals surface area contributed by atoms with Crippen molar-refractivity contribution in [2.45, 2.75) is 50.5 Å². The highest BCUT2D eigenvalue weighted by atomic mass is 32.1. The van der Waals surface area contributed by atoms with Gasteiger partial charge in [0.1, 0.15) is 0 Å². The SMILES string of the molecule is Cc1sccc1C(N)C1(c2ccccc2)CCCCC1. The molecule has 1 atom stereocenters. The van der Waals surface area contributed by atoms with E-state index >= 15 is 0 Å². The van der Waals surface area contributed by atoms with Crippen molar-refractivity contribution < 1.29 is 0 Å². The molecule has 1 aliphatic rings. The Kier molecular flexibility index (Phi) is 3.95. The second-order valence-corrected chi connectivity index (χ2v) is 7.11. The molecule has 2 aromatic rings. The fraction of sp³-hybridized carbons (Fsp3) is 0.444. The van der Waals surface area contributed by atoms with Crippen LogP contribution in [0.15, 0.2) is 41.8 Å². The van der Waals surface area contributed by atoms with Gasteiger partial charge in [0.05, 0.1) is 0 Å². The first-order valence-corrected chi connectivity index (χ1v) is 8.47. The Labute approximate surface area is 125 Å². The molecule has 1 unspecified atom stereocenters. The molecule has 20 heavy (non-hydrogen) atoms. The minimum atomic E-state index is 0.122. The number of thiophene rings is 1. The van der Waals surface area contributed by atoms with Gasteiger partial charge in [0, 0.05) is 16.3 Å². The van der Waals surface area contributed by atoms with Crippen molar-refractivity contribution >= 4 is 11.3 Å². The second kappa shape index (κ2) is 5.71. The van der Waals surface area contributed by atoms with Gasteiger partial charge in [-0.2, -0.15) is 0 Å². The van der Waals surface area contributed by atoms with Gasteiger partial charge in [0.2, 0.25) is 0 Å². The highest BCUT2D eigenvalue weighted by Crippen LogP contribution is 2.48. The first-order valence-electron chi connectivity index (χ1n) is 7.59. The van der Waals surface area contributed by atoms with Crippen LogP contribution < -0.4 is 5.73 Å². The summed E-state index contributed by atoms with van der Waals surface area (Å²) in [4.78, 5) is 1.37. The maximum atomic E-state index is 6.79. The van der Waals surface area contributed by atoms with Gasteiger partial charge in [-0.05, 0) is 42.3 Å². The number of hydrogen-bond donors (Lipinski definition) is 1. The summed E-state index contributed by atoms with van der Waals surface area (Å²) in [5, 5.41) is 2.17. The summed E-state index contributed by atoms with van der Waals surface area (Å²) in [6.45, 7) is 2.20. The lowest BCUT2D eigenvalue weighted by atomic mass is 9.63. The van der Waals surface area contributed by atoms with Crippen LogP contribution >= 0.6 is 11.3 Å². The molecule has 2 heteroatoms. The third-order valence-electron chi connectivity index (χ3n) is 4.92. The molecule has 1 nitrogen and oxygen atoms in total. The fourth-order valence-corrected chi connectivity index (χ4v) is 4.50. The molecule has 0 amide bonds. The standard InChI is InChI=1S/C18H23NS/c1-14-16(10-13-20-14)17(19)18(11-6-3-7-12-18)15-8-4-2-5-9-15/h2,4-5,8-10,13,17H,3,6-7,11-12,19H2,1H3. The lowest BCUT2D eigenvalue weighted by Crippen LogP contribution is -2.40. The van der Waals surface area contributed by atoms with Crippen LogP contribution in [-0.2, 0) is 5.41 Å². The van der Waals surface area contributed by atoms with Crippen LogP contribution in [0.1, 0.15) is 54.1 Å². The van der Waals surface area contributed by atoms with Gasteiger partial charge >= 0.3 is 0 Å². The summed E-state index contributed by atoms with van der Waals surface area (Å²) in [7, 11) is 0. The summed E-state index contributed by atoms with van der Waals surface area (Å²) >= 11 is 1.81. The molecule has 106 valence electrons. The van der Waals surface area contributed by atoms with Crippen LogP contribution in [0.2, 0.25) is 0 Å². The van der Waals surface area contributed by atoms with E-state index in [2.05, 4.69) is 48.7 Å². The summed E-state index contributed by atoms with van der Waals surface area (Å²) < 4.78 is 0. The van der Waals surface area contributed by atoms with Crippen molar-refractivity contribution in [1.82, 2.24) is 0 Å². The zero-order valence-corrected chi connectivity index (χ0v) is 13.0. The highest BCUT2D eigenvalue weighted by Gasteiger charge is 2.40. The summed E-state index contributed by atoms with van der Waals surface area (Å²) in [5.74, 6) is 0. The second-order valence-electron chi connectivity index (χ2n) is 5.99. The molecule has 2 N–H and O–H groups in total. The monoisotopic (exact) mass is 285 g/mol. The zero-order chi connectivity index (χ0) is 14.0. The van der Waals surface area contributed by atoms with E-state index in [0.29, 0.717) is 0 Å². The number of benzene rings is 1. The first kappa shape index (κ1) is 13.8. The van der Waals surface area contributed by atoms with Gasteiger partial charge in [-0.15, -0.1) is 11.3 Å². The van der Waals surface area contributed by atoms with Crippen molar-refractivity contribution in [3.63, 3.8) is 0 Å². The van der Waals surface area contributed by atoms with Gasteiger partial charge in [0.15, 0.2) is 0 Å². The van der Waals surface area contributed by atoms with Gasteiger partial charge in [-0.1, -0.05) is 49.6 Å². The van der Waals surface area contributed by atoms with Gasteiger partial charge in [-0.25, -0.2) is 0 Å². The van der Waals surface area contributed by atoms with Crippen molar-refractivity contribution in [2.75, 3.05) is 0 Å². The molecule has 1 fully saturated rings. The molecule has 0 spiro atoms. The number of hydrogen-bond acceptors (Lipinski definition) is 2. The number of rotatable bonds is 3. The van der Waals surface area contributed by atoms with Crippen molar-refractivity contribution in [3.05, 3.63) is 57.8 Å². The Balaban J connectivity index is 2.04. The smallest absolute Gasteiger partial charge is 0.0404 e. The number of nitrogens with two attached hydrogens (primary N) is 1. The van der Waals surface area contributed by atoms with Crippen molar-refractivity contribution in [2.24, 2.45) is 5.73 Å². The summed E-state index contributed by atoms with van der Waals surface area (Å²) in [6, 6.07) is 13.3. The molecule has 1 aromatic heterocycles. The molecule has 0 bridgehead atoms. The number of aryl methyl sites for hydroxylation is 1. The fourth-order valence-electron chi connectivity index (χ4n) is 3.75. The van der Waals surface area contributed by atoms with Crippen LogP contribution in [0, 0.1) is 6.92 Å². The van der Waals surface area contributed by atoms with E-state index in [0.717, 1.165) is 0 Å². The van der Waals surface area contributed by atoms with E-state index in [-0.39, 0.29) is 11.5 Å². The minimum Gasteiger partial charge on any atom is -0.323 e. The van der Waals surface area contributed by atoms with Crippen molar-refractivity contribution in [3.8, 4) is 0 Å². The average molecular weight is 285 g/mol. The van der Waals surface area contributed by atoms with E-state index in [9.17, 15) is 0 Å². The summed E-state index contributed by atoms with van der Waals surface area (Å²) in [5.41, 5.74) is 9.70. The van der Waals surface area contributed by atoms with Crippen LogP contribution in [-0.4, -0.2) is 0 Å². The minimum absolute atomic E-state index is 0.122. The maximum Gasteiger partial charge on any atom is 0.0404 e. The average Bonchev–Trinajstić information content (AvgIpc) is 2.94. The first-order chi connectivity index (χ1) is 9.74. The van der Waals surface area contributed by atoms with E-state index in [4.69, 9.17) is 5.73 Å². The molecule has 0 radical (unpaired) electrons. The largest absolute Gasteiger partial charge is 0.323 e. The molecule has 0 aliphatic heterocycles. The van der Waals surface area contributed by atoms with Gasteiger partial charge < -0.3 is 5.73 Å². The lowest BCUT2D eigenvalue weighted by Gasteiger charge is -2.43. The Morgan fingerprint density at radius 2 is 1.75 bits per heavy atom. The molecule has 1 aromatic carbocycles. The van der Waals surface area contributed by atoms with Gasteiger partial charge in [0.25, 0.3) is 0 Å². The lowest BCUT2D eigenvalue weighted by molar-refractivity contribution is 0.244. The van der Waals surface area contributed by atoms with E-state index in [1.165, 1.54) is 48.1 Å². The molecule has 1 aliphatic carbocycles. The molecule has 0 saturated heterocycles. The predicted octanol–water partition coefficient (Wildman–Crippen LogP) is 4.96. The molecule has 1 saturated carbocycles. The normalized spacial score (nSPS) is 19.7. The van der Waals surface area contributed by atoms with Crippen molar-refractivity contribution in [1.29, 1.82) is 0 Å². The van der Waals surface area contributed by atoms with Crippen LogP contribution in [0.25, 0.3) is 0 Å². The molecular weight excluding hydrogens is 262 g/mol. The molecule has 3 rings (SSSR count). The third kappa shape index (κ3) is 2.32. The van der Waals surface area contributed by atoms with Crippen LogP contribution in [0.3, 0.4) is 0 Å². The molecule has 1 heterocycles. The predicted molar refractivity (Wildman–Crippen MR) is 87.2 cm³/mol. The third-order valence-corrected chi connectivity index (χ3v) is 5.79. The van der Waals surface area contributed by atoms with E-state index in [1.807, 2.05) is 11.3 Å². The Morgan fingerprint density at radius 1 is 1.05 bits per heavy atom. The maximum absolute atomic E-state index is 6.79. The van der Waals surface area contributed by atoms with E-state index in [1.54, 1.807) is 0 Å². The summed E-state index contributed by atoms with van der Waals surface area (Å²) in [6.07, 6.45) is 6.38. The topological polar surface area (TPSA) is 26.0 Å². The Bertz CT molecular complexity index is 552. The van der Waals surface area contributed by atoms with Crippen LogP contribution in [0.4, 0.5) is 0 Å². The molecular formula is C18H23NS. The zero-order valence-electron chi connectivity index (χ0n) is 12.1. The van der Waals surface area contributed by atoms with Gasteiger partial charge in [-0.3, -0.25) is 0 Å². The van der Waals surface area contributed by atoms with E-state index < -0.39 is 0 Å². The Morgan fingerprint density at radius 3 is 2.35 bits per heavy atom. The quantitative estimate of drug-likeness (QED) is 0.847.